The zero-order valence-corrected chi connectivity index (χ0v) is 13.4. The Balaban J connectivity index is -0.000000347. The van der Waals surface area contributed by atoms with E-state index < -0.39 is 7.81 Å². The van der Waals surface area contributed by atoms with Crippen LogP contribution in [0.2, 0.25) is 0 Å². The molecule has 1 nitrogen and oxygen atoms in total. The van der Waals surface area contributed by atoms with Crippen molar-refractivity contribution in [2.45, 2.75) is 59.3 Å². The molecule has 0 aromatic rings. The topological polar surface area (TPSA) is 3.24 Å². The van der Waals surface area contributed by atoms with Gasteiger partial charge >= 0.3 is 34.4 Å². The number of nitrogens with zero attached hydrogens (tertiary/aromatic N) is 1. The Labute approximate surface area is 119 Å². The molecule has 8 heteroatoms. The monoisotopic (exact) mass is 331 g/mol. The van der Waals surface area contributed by atoms with E-state index in [1.54, 1.807) is 0 Å². The number of unbranched alkanes of at least 4 members (excludes halogenated alkanes) is 3. The van der Waals surface area contributed by atoms with Crippen LogP contribution in [0.1, 0.15) is 60.7 Å². The summed E-state index contributed by atoms with van der Waals surface area (Å²) < 4.78 is 59.2. The normalized spacial score (nSPS) is 15.3. The smallest absolute Gasteiger partial charge is 1.00 e. The van der Waals surface area contributed by atoms with Crippen LogP contribution in [-0.4, -0.2) is 24.5 Å². The third-order valence-corrected chi connectivity index (χ3v) is 2.48. The minimum Gasteiger partial charge on any atom is 1.00 e. The fourth-order valence-electron chi connectivity index (χ4n) is 1.48. The van der Waals surface area contributed by atoms with Gasteiger partial charge in [0, 0.05) is 0 Å². The molecule has 0 fully saturated rings. The van der Waals surface area contributed by atoms with Crippen LogP contribution < -0.4 is 0 Å². The largest absolute Gasteiger partial charge is 1.00 e. The molecule has 0 aromatic heterocycles. The second-order valence-electron chi connectivity index (χ2n) is 4.86. The molecule has 0 unspecified atom stereocenters. The van der Waals surface area contributed by atoms with Gasteiger partial charge in [0.2, 0.25) is 0 Å². The molecule has 0 heterocycles. The minimum absolute atomic E-state index is 0. The molecule has 0 rings (SSSR count). The maximum atomic E-state index is 9.87. The van der Waals surface area contributed by atoms with E-state index in [9.17, 15) is 25.2 Å². The Morgan fingerprint density at radius 3 is 1.00 bits per heavy atom. The Hall–Kier alpha value is -0.0300. The zero-order valence-electron chi connectivity index (χ0n) is 13.5. The first-order chi connectivity index (χ1) is 8.80. The van der Waals surface area contributed by atoms with Crippen molar-refractivity contribution in [3.05, 3.63) is 0 Å². The van der Waals surface area contributed by atoms with Gasteiger partial charge < -0.3 is 4.90 Å². The predicted molar refractivity (Wildman–Crippen MR) is 75.8 cm³/mol. The van der Waals surface area contributed by atoms with E-state index in [4.69, 9.17) is 0 Å². The van der Waals surface area contributed by atoms with Crippen LogP contribution in [-0.2, 0) is 0 Å². The minimum atomic E-state index is -10.7. The van der Waals surface area contributed by atoms with E-state index in [1.165, 1.54) is 58.2 Å². The van der Waals surface area contributed by atoms with E-state index in [0.29, 0.717) is 0 Å². The van der Waals surface area contributed by atoms with Gasteiger partial charge in [-0.25, -0.2) is 0 Å². The van der Waals surface area contributed by atoms with Gasteiger partial charge in [0.15, 0.2) is 0 Å². The second kappa shape index (κ2) is 8.42. The Bertz CT molecular complexity index is 213. The van der Waals surface area contributed by atoms with E-state index in [-0.39, 0.29) is 1.43 Å². The quantitative estimate of drug-likeness (QED) is 0.319. The Morgan fingerprint density at radius 1 is 0.650 bits per heavy atom. The van der Waals surface area contributed by atoms with Gasteiger partial charge in [0.1, 0.15) is 0 Å². The van der Waals surface area contributed by atoms with Gasteiger partial charge in [-0.2, -0.15) is 0 Å². The molecular weight excluding hydrogens is 303 g/mol. The van der Waals surface area contributed by atoms with Crippen LogP contribution in [0.5, 0.6) is 0 Å². The summed E-state index contributed by atoms with van der Waals surface area (Å²) in [6, 6.07) is 0. The summed E-state index contributed by atoms with van der Waals surface area (Å²) in [7, 11) is -10.7. The maximum Gasteiger partial charge on any atom is 1.00 e. The van der Waals surface area contributed by atoms with E-state index in [2.05, 4.69) is 25.7 Å². The van der Waals surface area contributed by atoms with Crippen molar-refractivity contribution >= 4 is 7.81 Å². The first kappa shape index (κ1) is 22.3. The van der Waals surface area contributed by atoms with Gasteiger partial charge in [-0.3, -0.25) is 0 Å². The molecule has 0 aliphatic heterocycles. The molecular formula is C12H28F6NP. The van der Waals surface area contributed by atoms with E-state index >= 15 is 0 Å². The van der Waals surface area contributed by atoms with Crippen LogP contribution in [0.15, 0.2) is 0 Å². The standard InChI is InChI=1S/C12H27N.F6P/c1-4-7-10-13(11-8-5-2)12-9-6-3;1-7(2,3,4,5)6/h4-12H2,1-3H3;/q;-1/p+1. The Kier molecular flexibility index (Phi) is 9.37. The van der Waals surface area contributed by atoms with Gasteiger partial charge in [0.05, 0.1) is 0 Å². The van der Waals surface area contributed by atoms with Gasteiger partial charge in [-0.1, -0.05) is 40.0 Å². The maximum absolute atomic E-state index is 10.7. The fourth-order valence-corrected chi connectivity index (χ4v) is 1.48. The number of hydrogen-bond acceptors (Lipinski definition) is 1. The molecule has 0 saturated heterocycles. The average Bonchev–Trinajstić information content (AvgIpc) is 2.24. The van der Waals surface area contributed by atoms with Crippen LogP contribution in [0.4, 0.5) is 25.2 Å². The van der Waals surface area contributed by atoms with Crippen LogP contribution >= 0.6 is 7.81 Å². The predicted octanol–water partition coefficient (Wildman–Crippen LogP) is 7.18. The van der Waals surface area contributed by atoms with Gasteiger partial charge in [-0.15, -0.1) is 0 Å². The second-order valence-corrected chi connectivity index (χ2v) is 6.78. The van der Waals surface area contributed by atoms with Crippen molar-refractivity contribution in [2.24, 2.45) is 0 Å². The summed E-state index contributed by atoms with van der Waals surface area (Å²) in [4.78, 5) is 2.64. The first-order valence-corrected chi connectivity index (χ1v) is 9.11. The third kappa shape index (κ3) is 36.1. The molecule has 0 bridgehead atoms. The number of hydrogen-bond donors (Lipinski definition) is 0. The number of halogens is 6. The summed E-state index contributed by atoms with van der Waals surface area (Å²) in [6.45, 7) is 10.8. The molecule has 128 valence electrons. The first-order valence-electron chi connectivity index (χ1n) is 7.08. The zero-order chi connectivity index (χ0) is 16.3. The van der Waals surface area contributed by atoms with Crippen molar-refractivity contribution in [2.75, 3.05) is 19.6 Å². The fraction of sp³-hybridized carbons (Fsp3) is 1.00. The molecule has 0 saturated carbocycles. The van der Waals surface area contributed by atoms with Crippen LogP contribution in [0.3, 0.4) is 0 Å². The molecule has 0 amide bonds. The molecule has 0 aliphatic carbocycles. The van der Waals surface area contributed by atoms with Crippen molar-refractivity contribution in [1.29, 1.82) is 0 Å². The summed E-state index contributed by atoms with van der Waals surface area (Å²) >= 11 is 0. The van der Waals surface area contributed by atoms with Crippen molar-refractivity contribution < 1.29 is 26.6 Å². The molecule has 0 spiro atoms. The van der Waals surface area contributed by atoms with Crippen LogP contribution in [0.25, 0.3) is 0 Å². The van der Waals surface area contributed by atoms with Crippen molar-refractivity contribution in [3.8, 4) is 0 Å². The molecule has 0 atom stereocenters. The van der Waals surface area contributed by atoms with Crippen LogP contribution in [0, 0.1) is 0 Å². The molecule has 0 radical (unpaired) electrons. The molecule has 0 aliphatic rings. The third-order valence-electron chi connectivity index (χ3n) is 2.48. The molecule has 20 heavy (non-hydrogen) atoms. The van der Waals surface area contributed by atoms with Crippen molar-refractivity contribution in [3.63, 3.8) is 0 Å². The van der Waals surface area contributed by atoms with Gasteiger partial charge in [0.25, 0.3) is 0 Å². The van der Waals surface area contributed by atoms with Crippen molar-refractivity contribution in [1.82, 2.24) is 4.90 Å². The summed E-state index contributed by atoms with van der Waals surface area (Å²) in [6.07, 6.45) is 8.09. The van der Waals surface area contributed by atoms with Gasteiger partial charge in [-0.05, 0) is 38.9 Å². The average molecular weight is 331 g/mol. The molecule has 0 N–H and O–H groups in total. The van der Waals surface area contributed by atoms with E-state index in [0.717, 1.165) is 0 Å². The van der Waals surface area contributed by atoms with E-state index in [1.807, 2.05) is 0 Å². The summed E-state index contributed by atoms with van der Waals surface area (Å²) in [5.41, 5.74) is 0. The summed E-state index contributed by atoms with van der Waals surface area (Å²) in [5.74, 6) is 0. The SMILES string of the molecule is CCCCN(CCCC)CCCC.F[P-](F)(F)(F)(F)F.[H+]. The summed E-state index contributed by atoms with van der Waals surface area (Å²) in [5, 5.41) is 0. The number of rotatable bonds is 9. The molecule has 0 aromatic carbocycles. The Morgan fingerprint density at radius 2 is 0.850 bits per heavy atom.